The highest BCUT2D eigenvalue weighted by Gasteiger charge is 2.44. The number of methoxy groups -OCH3 is 2. The molecule has 77 heavy (non-hydrogen) atoms. The van der Waals surface area contributed by atoms with E-state index in [4.69, 9.17) is 33.5 Å². The molecule has 0 bridgehead atoms. The van der Waals surface area contributed by atoms with Gasteiger partial charge in [-0.25, -0.2) is 4.79 Å². The highest BCUT2D eigenvalue weighted by Crippen LogP contribution is 2.43. The average molecular weight is 1100 g/mol. The van der Waals surface area contributed by atoms with E-state index in [-0.39, 0.29) is 85.9 Å². The molecule has 0 saturated heterocycles. The van der Waals surface area contributed by atoms with Crippen LogP contribution < -0.4 is 44.7 Å². The number of carboxylic acid groups (broad SMARTS) is 1. The largest absolute Gasteiger partial charge is 0.493 e. The van der Waals surface area contributed by atoms with E-state index < -0.39 is 64.1 Å². The van der Waals surface area contributed by atoms with Crippen molar-refractivity contribution in [2.75, 3.05) is 70.5 Å². The molecule has 0 aromatic heterocycles. The van der Waals surface area contributed by atoms with Gasteiger partial charge < -0.3 is 59.3 Å². The fourth-order valence-corrected chi connectivity index (χ4v) is 10.5. The fourth-order valence-electron chi connectivity index (χ4n) is 8.98. The van der Waals surface area contributed by atoms with Crippen LogP contribution in [-0.4, -0.2) is 157 Å². The first-order chi connectivity index (χ1) is 36.3. The van der Waals surface area contributed by atoms with Gasteiger partial charge in [-0.2, -0.15) is 0 Å². The van der Waals surface area contributed by atoms with E-state index >= 15 is 0 Å². The van der Waals surface area contributed by atoms with Crippen LogP contribution in [0.5, 0.6) is 23.0 Å². The number of nitrogens with one attached hydrogen (secondary N) is 3. The molecule has 0 radical (unpaired) electrons. The maximum Gasteiger partial charge on any atom is 0.405 e. The molecular weight excluding hydrogens is 1030 g/mol. The van der Waals surface area contributed by atoms with Gasteiger partial charge in [0.2, 0.25) is 11.8 Å². The van der Waals surface area contributed by atoms with Gasteiger partial charge in [0.25, 0.3) is 23.6 Å². The second kappa shape index (κ2) is 25.6. The summed E-state index contributed by atoms with van der Waals surface area (Å²) in [4.78, 5) is 99.9. The molecule has 0 unspecified atom stereocenters. The van der Waals surface area contributed by atoms with Crippen molar-refractivity contribution in [3.05, 3.63) is 71.1 Å². The number of benzene rings is 2. The fraction of sp³-hybridized carbons (Fsp3) is 0.537. The second-order valence-corrected chi connectivity index (χ2v) is 33.7. The van der Waals surface area contributed by atoms with Crippen LogP contribution in [0, 0.1) is 5.92 Å². The Hall–Kier alpha value is -6.70. The van der Waals surface area contributed by atoms with Crippen LogP contribution in [0.25, 0.3) is 0 Å². The van der Waals surface area contributed by atoms with Crippen LogP contribution in [0.15, 0.2) is 60.0 Å². The molecule has 4 atom stereocenters. The molecule has 23 heteroatoms. The standard InChI is InChI=1S/C54H77N7O14Si2/c1-33(2)47(57-54(68)69)49(63)56-35(4)48(62)55-16-13-15-36-24-42-53(67)61(32-73-20-22-77(10,11)12)40-28-46(44(71-6)26-38(40)51(65)59(42)30-36)75-18-14-17-74-45-27-39-37(25-43(45)70-5)50(64)58-29-34(3)23-41(58)52(66)60(39)31-72-19-21-76(7,8)9/h13,15,25-30,33,35,41-42,47,57H,14,16-24,31-32H2,1-12H3,(H,55,62)(H,56,63)(H,68,69)/t35-,41-,42-,47+/m0/s1. The van der Waals surface area contributed by atoms with Crippen LogP contribution in [0.2, 0.25) is 51.4 Å². The first kappa shape index (κ1) is 59.5. The van der Waals surface area contributed by atoms with Gasteiger partial charge in [-0.1, -0.05) is 70.9 Å². The number of ether oxygens (including phenoxy) is 6. The number of anilines is 2. The van der Waals surface area contributed by atoms with Crippen molar-refractivity contribution in [3.63, 3.8) is 0 Å². The average Bonchev–Trinajstić information content (AvgIpc) is 3.97. The van der Waals surface area contributed by atoms with Crippen molar-refractivity contribution >= 4 is 69.1 Å². The maximum atomic E-state index is 14.6. The van der Waals surface area contributed by atoms with Gasteiger partial charge in [0.1, 0.15) is 37.6 Å². The molecule has 4 heterocycles. The summed E-state index contributed by atoms with van der Waals surface area (Å²) in [5.41, 5.74) is 2.72. The highest BCUT2D eigenvalue weighted by atomic mass is 28.3. The molecule has 2 aromatic rings. The molecule has 0 aliphatic carbocycles. The van der Waals surface area contributed by atoms with Gasteiger partial charge in [-0.3, -0.25) is 38.6 Å². The molecule has 4 aliphatic heterocycles. The van der Waals surface area contributed by atoms with Crippen molar-refractivity contribution in [2.45, 2.75) is 122 Å². The molecule has 420 valence electrons. The van der Waals surface area contributed by atoms with Crippen molar-refractivity contribution < 1.29 is 67.1 Å². The Morgan fingerprint density at radius 1 is 0.688 bits per heavy atom. The molecule has 7 amide bonds. The Balaban J connectivity index is 1.16. The van der Waals surface area contributed by atoms with E-state index in [1.807, 2.05) is 6.92 Å². The summed E-state index contributed by atoms with van der Waals surface area (Å²) in [6.07, 6.45) is 6.32. The summed E-state index contributed by atoms with van der Waals surface area (Å²) in [6, 6.07) is 4.57. The number of carbonyl (C=O) groups excluding carboxylic acids is 6. The normalized spacial score (nSPS) is 18.2. The molecule has 21 nitrogen and oxygen atoms in total. The van der Waals surface area contributed by atoms with Crippen molar-refractivity contribution in [2.24, 2.45) is 5.92 Å². The number of allylic oxidation sites excluding steroid dienone is 1. The highest BCUT2D eigenvalue weighted by molar-refractivity contribution is 6.76. The Morgan fingerprint density at radius 2 is 1.18 bits per heavy atom. The van der Waals surface area contributed by atoms with Crippen LogP contribution in [-0.2, 0) is 28.7 Å². The van der Waals surface area contributed by atoms with E-state index in [2.05, 4.69) is 55.2 Å². The Bertz CT molecular complexity index is 2660. The van der Waals surface area contributed by atoms with Crippen LogP contribution in [0.1, 0.15) is 67.7 Å². The van der Waals surface area contributed by atoms with E-state index in [9.17, 15) is 33.6 Å². The zero-order valence-corrected chi connectivity index (χ0v) is 48.5. The molecule has 4 N–H and O–H groups in total. The van der Waals surface area contributed by atoms with Gasteiger partial charge in [0, 0.05) is 73.3 Å². The minimum atomic E-state index is -1.51. The Labute approximate surface area is 453 Å². The zero-order valence-electron chi connectivity index (χ0n) is 46.5. The molecule has 4 aliphatic rings. The van der Waals surface area contributed by atoms with Crippen molar-refractivity contribution in [1.82, 2.24) is 25.8 Å². The van der Waals surface area contributed by atoms with Crippen LogP contribution >= 0.6 is 0 Å². The predicted octanol–water partition coefficient (Wildman–Crippen LogP) is 6.56. The predicted molar refractivity (Wildman–Crippen MR) is 295 cm³/mol. The van der Waals surface area contributed by atoms with Crippen LogP contribution in [0.4, 0.5) is 16.2 Å². The lowest BCUT2D eigenvalue weighted by molar-refractivity contribution is -0.130. The monoisotopic (exact) mass is 1100 g/mol. The number of nitrogens with zero attached hydrogens (tertiary/aromatic N) is 4. The lowest BCUT2D eigenvalue weighted by Gasteiger charge is -2.27. The summed E-state index contributed by atoms with van der Waals surface area (Å²) in [6.45, 7) is 21.2. The van der Waals surface area contributed by atoms with E-state index in [1.165, 1.54) is 40.7 Å². The number of hydrogen-bond donors (Lipinski definition) is 4. The lowest BCUT2D eigenvalue weighted by Crippen LogP contribution is -2.54. The topological polar surface area (TPSA) is 244 Å². The van der Waals surface area contributed by atoms with Crippen molar-refractivity contribution in [1.29, 1.82) is 0 Å². The molecule has 0 saturated carbocycles. The van der Waals surface area contributed by atoms with E-state index in [0.29, 0.717) is 54.5 Å². The quantitative estimate of drug-likeness (QED) is 0.0577. The molecule has 0 spiro atoms. The molecule has 2 aromatic carbocycles. The third-order valence-electron chi connectivity index (χ3n) is 13.4. The van der Waals surface area contributed by atoms with E-state index in [1.54, 1.807) is 62.7 Å². The summed E-state index contributed by atoms with van der Waals surface area (Å²) in [5.74, 6) is -1.70. The minimum absolute atomic E-state index is 0.0330. The first-order valence-corrected chi connectivity index (χ1v) is 33.5. The van der Waals surface area contributed by atoms with Crippen molar-refractivity contribution in [3.8, 4) is 23.0 Å². The summed E-state index contributed by atoms with van der Waals surface area (Å²) in [5, 5.41) is 16.6. The van der Waals surface area contributed by atoms with E-state index in [0.717, 1.165) is 17.7 Å². The van der Waals surface area contributed by atoms with Gasteiger partial charge in [0.05, 0.1) is 49.9 Å². The smallest absolute Gasteiger partial charge is 0.405 e. The Morgan fingerprint density at radius 3 is 1.65 bits per heavy atom. The van der Waals surface area contributed by atoms with Gasteiger partial charge in [0.15, 0.2) is 23.0 Å². The number of hydrogen-bond acceptors (Lipinski definition) is 13. The van der Waals surface area contributed by atoms with Gasteiger partial charge in [-0.15, -0.1) is 0 Å². The maximum absolute atomic E-state index is 14.6. The molecule has 6 rings (SSSR count). The number of fused-ring (bicyclic) bond motifs is 4. The number of rotatable bonds is 26. The third kappa shape index (κ3) is 15.1. The first-order valence-electron chi connectivity index (χ1n) is 26.1. The molecular formula is C54H77N7O14Si2. The lowest BCUT2D eigenvalue weighted by atomic mass is 10.0. The van der Waals surface area contributed by atoms with Crippen LogP contribution in [0.3, 0.4) is 0 Å². The summed E-state index contributed by atoms with van der Waals surface area (Å²) >= 11 is 0. The minimum Gasteiger partial charge on any atom is -0.493 e. The number of carbonyl (C=O) groups is 7. The number of amides is 7. The van der Waals surface area contributed by atoms with Gasteiger partial charge in [-0.05, 0) is 56.0 Å². The summed E-state index contributed by atoms with van der Waals surface area (Å²) < 4.78 is 36.3. The second-order valence-electron chi connectivity index (χ2n) is 22.4. The zero-order chi connectivity index (χ0) is 56.5. The molecule has 0 fully saturated rings. The Kier molecular flexibility index (Phi) is 19.8. The SMILES string of the molecule is COc1cc2c(cc1OCCCOc1cc3c(cc1OC)C(=O)N1C=C(C=CCNC(=O)[C@H](C)NC(=O)[C@H](NC(=O)O)C(C)C)C[C@H]1C(=O)N3COCC[Si](C)(C)C)N(COCC[Si](C)(C)C)C(=O)[C@@H]1CC(C)=CN1C2=O. The summed E-state index contributed by atoms with van der Waals surface area (Å²) in [7, 11) is 0.00858. The van der Waals surface area contributed by atoms with Gasteiger partial charge >= 0.3 is 6.09 Å². The third-order valence-corrected chi connectivity index (χ3v) is 16.8.